The SMILES string of the molecule is Nc1nc(Nc2cccc(O)c2)nc(Nc2ccc(O)c3ccccc23)n1. The second-order valence-corrected chi connectivity index (χ2v) is 5.82. The molecule has 4 rings (SSSR count). The van der Waals surface area contributed by atoms with Crippen molar-refractivity contribution < 1.29 is 10.2 Å². The Balaban J connectivity index is 1.67. The van der Waals surface area contributed by atoms with Crippen molar-refractivity contribution in [2.75, 3.05) is 16.4 Å². The van der Waals surface area contributed by atoms with Crippen molar-refractivity contribution in [1.29, 1.82) is 0 Å². The Morgan fingerprint density at radius 3 is 2.26 bits per heavy atom. The molecule has 0 saturated carbocycles. The van der Waals surface area contributed by atoms with Crippen LogP contribution in [0, 0.1) is 0 Å². The predicted octanol–water partition coefficient (Wildman–Crippen LogP) is 3.51. The molecular formula is C19H16N6O2. The largest absolute Gasteiger partial charge is 0.508 e. The smallest absolute Gasteiger partial charge is 0.233 e. The number of hydrogen-bond acceptors (Lipinski definition) is 8. The number of benzene rings is 3. The van der Waals surface area contributed by atoms with Crippen LogP contribution in [0.3, 0.4) is 0 Å². The zero-order chi connectivity index (χ0) is 18.8. The summed E-state index contributed by atoms with van der Waals surface area (Å²) in [4.78, 5) is 12.5. The quantitative estimate of drug-likeness (QED) is 0.350. The van der Waals surface area contributed by atoms with Crippen molar-refractivity contribution in [3.63, 3.8) is 0 Å². The molecule has 0 fully saturated rings. The fraction of sp³-hybridized carbons (Fsp3) is 0. The second kappa shape index (κ2) is 6.68. The summed E-state index contributed by atoms with van der Waals surface area (Å²) in [6.07, 6.45) is 0. The summed E-state index contributed by atoms with van der Waals surface area (Å²) < 4.78 is 0. The van der Waals surface area contributed by atoms with Gasteiger partial charge < -0.3 is 26.6 Å². The Bertz CT molecular complexity index is 1130. The summed E-state index contributed by atoms with van der Waals surface area (Å²) >= 11 is 0. The highest BCUT2D eigenvalue weighted by Crippen LogP contribution is 2.32. The van der Waals surface area contributed by atoms with E-state index in [9.17, 15) is 10.2 Å². The molecule has 0 saturated heterocycles. The lowest BCUT2D eigenvalue weighted by Gasteiger charge is -2.11. The lowest BCUT2D eigenvalue weighted by atomic mass is 10.1. The van der Waals surface area contributed by atoms with E-state index in [1.165, 1.54) is 0 Å². The van der Waals surface area contributed by atoms with Crippen molar-refractivity contribution in [3.05, 3.63) is 60.7 Å². The van der Waals surface area contributed by atoms with E-state index in [-0.39, 0.29) is 29.3 Å². The predicted molar refractivity (Wildman–Crippen MR) is 105 cm³/mol. The summed E-state index contributed by atoms with van der Waals surface area (Å²) in [5.74, 6) is 0.839. The molecule has 27 heavy (non-hydrogen) atoms. The number of fused-ring (bicyclic) bond motifs is 1. The normalized spacial score (nSPS) is 10.7. The molecular weight excluding hydrogens is 344 g/mol. The highest BCUT2D eigenvalue weighted by atomic mass is 16.3. The molecule has 0 amide bonds. The molecule has 0 unspecified atom stereocenters. The number of rotatable bonds is 4. The molecule has 8 nitrogen and oxygen atoms in total. The zero-order valence-corrected chi connectivity index (χ0v) is 14.1. The Morgan fingerprint density at radius 2 is 1.48 bits per heavy atom. The van der Waals surface area contributed by atoms with Gasteiger partial charge in [-0.25, -0.2) is 0 Å². The Hall–Kier alpha value is -4.07. The van der Waals surface area contributed by atoms with E-state index in [0.717, 1.165) is 11.1 Å². The van der Waals surface area contributed by atoms with Gasteiger partial charge in [0.1, 0.15) is 11.5 Å². The molecule has 0 bridgehead atoms. The molecule has 0 aliphatic rings. The lowest BCUT2D eigenvalue weighted by molar-refractivity contribution is 0.475. The van der Waals surface area contributed by atoms with Crippen LogP contribution in [-0.4, -0.2) is 25.2 Å². The third-order valence-corrected chi connectivity index (χ3v) is 3.90. The van der Waals surface area contributed by atoms with Gasteiger partial charge in [-0.1, -0.05) is 30.3 Å². The third kappa shape index (κ3) is 3.49. The van der Waals surface area contributed by atoms with Gasteiger partial charge in [0.2, 0.25) is 17.8 Å². The van der Waals surface area contributed by atoms with E-state index in [2.05, 4.69) is 25.6 Å². The monoisotopic (exact) mass is 360 g/mol. The van der Waals surface area contributed by atoms with Crippen LogP contribution in [0.4, 0.5) is 29.2 Å². The fourth-order valence-corrected chi connectivity index (χ4v) is 2.73. The minimum absolute atomic E-state index is 0.0400. The average Bonchev–Trinajstić information content (AvgIpc) is 2.64. The van der Waals surface area contributed by atoms with E-state index in [4.69, 9.17) is 5.73 Å². The van der Waals surface area contributed by atoms with Crippen LogP contribution in [0.15, 0.2) is 60.7 Å². The number of aromatic hydroxyl groups is 2. The van der Waals surface area contributed by atoms with Crippen LogP contribution in [0.1, 0.15) is 0 Å². The second-order valence-electron chi connectivity index (χ2n) is 5.82. The topological polar surface area (TPSA) is 129 Å². The first-order chi connectivity index (χ1) is 13.1. The summed E-state index contributed by atoms with van der Waals surface area (Å²) in [5, 5.41) is 27.2. The average molecular weight is 360 g/mol. The number of anilines is 5. The van der Waals surface area contributed by atoms with Crippen LogP contribution in [0.5, 0.6) is 11.5 Å². The van der Waals surface area contributed by atoms with Gasteiger partial charge in [-0.3, -0.25) is 0 Å². The number of nitrogens with two attached hydrogens (primary N) is 1. The van der Waals surface area contributed by atoms with Gasteiger partial charge in [0.25, 0.3) is 0 Å². The highest BCUT2D eigenvalue weighted by Gasteiger charge is 2.09. The molecule has 8 heteroatoms. The van der Waals surface area contributed by atoms with Gasteiger partial charge in [0.05, 0.1) is 0 Å². The van der Waals surface area contributed by atoms with Crippen LogP contribution in [0.25, 0.3) is 10.8 Å². The van der Waals surface area contributed by atoms with Crippen LogP contribution < -0.4 is 16.4 Å². The van der Waals surface area contributed by atoms with Gasteiger partial charge in [0, 0.05) is 28.2 Å². The molecule has 1 aromatic heterocycles. The first-order valence-electron chi connectivity index (χ1n) is 8.14. The van der Waals surface area contributed by atoms with E-state index in [0.29, 0.717) is 11.1 Å². The fourth-order valence-electron chi connectivity index (χ4n) is 2.73. The Morgan fingerprint density at radius 1 is 0.741 bits per heavy atom. The minimum Gasteiger partial charge on any atom is -0.508 e. The molecule has 6 N–H and O–H groups in total. The van der Waals surface area contributed by atoms with Crippen molar-refractivity contribution in [3.8, 4) is 11.5 Å². The number of hydrogen-bond donors (Lipinski definition) is 5. The molecule has 1 heterocycles. The van der Waals surface area contributed by atoms with E-state index in [1.54, 1.807) is 36.4 Å². The number of phenols is 2. The number of aromatic nitrogens is 3. The van der Waals surface area contributed by atoms with Gasteiger partial charge in [0.15, 0.2) is 0 Å². The lowest BCUT2D eigenvalue weighted by Crippen LogP contribution is -2.07. The first-order valence-corrected chi connectivity index (χ1v) is 8.14. The van der Waals surface area contributed by atoms with Gasteiger partial charge in [-0.2, -0.15) is 15.0 Å². The summed E-state index contributed by atoms with van der Waals surface area (Å²) in [5.41, 5.74) is 7.13. The summed E-state index contributed by atoms with van der Waals surface area (Å²) in [6.45, 7) is 0. The third-order valence-electron chi connectivity index (χ3n) is 3.90. The van der Waals surface area contributed by atoms with Crippen LogP contribution in [-0.2, 0) is 0 Å². The zero-order valence-electron chi connectivity index (χ0n) is 14.1. The van der Waals surface area contributed by atoms with Crippen molar-refractivity contribution in [2.45, 2.75) is 0 Å². The standard InChI is InChI=1S/C19H16N6O2/c20-17-23-18(21-11-4-3-5-12(26)10-11)25-19(24-17)22-15-8-9-16(27)14-7-2-1-6-13(14)15/h1-10,26-27H,(H4,20,21,22,23,24,25). The number of nitrogen functional groups attached to an aromatic ring is 1. The molecule has 0 aliphatic heterocycles. The van der Waals surface area contributed by atoms with Crippen molar-refractivity contribution in [1.82, 2.24) is 15.0 Å². The first kappa shape index (κ1) is 16.4. The highest BCUT2D eigenvalue weighted by molar-refractivity contribution is 5.98. The minimum atomic E-state index is 0.0400. The number of phenolic OH excluding ortho intramolecular Hbond substituents is 2. The van der Waals surface area contributed by atoms with Gasteiger partial charge in [-0.05, 0) is 24.3 Å². The van der Waals surface area contributed by atoms with E-state index >= 15 is 0 Å². The van der Waals surface area contributed by atoms with Gasteiger partial charge in [-0.15, -0.1) is 0 Å². The molecule has 0 aliphatic carbocycles. The maximum Gasteiger partial charge on any atom is 0.233 e. The van der Waals surface area contributed by atoms with Crippen molar-refractivity contribution in [2.24, 2.45) is 0 Å². The number of nitrogens with one attached hydrogen (secondary N) is 2. The van der Waals surface area contributed by atoms with Gasteiger partial charge >= 0.3 is 0 Å². The molecule has 0 spiro atoms. The van der Waals surface area contributed by atoms with Crippen LogP contribution >= 0.6 is 0 Å². The number of nitrogens with zero attached hydrogens (tertiary/aromatic N) is 3. The molecule has 0 atom stereocenters. The Labute approximate surface area is 154 Å². The molecule has 4 aromatic rings. The summed E-state index contributed by atoms with van der Waals surface area (Å²) in [7, 11) is 0. The maximum absolute atomic E-state index is 10.0. The van der Waals surface area contributed by atoms with Crippen molar-refractivity contribution >= 4 is 40.0 Å². The maximum atomic E-state index is 10.0. The van der Waals surface area contributed by atoms with E-state index < -0.39 is 0 Å². The molecule has 134 valence electrons. The molecule has 0 radical (unpaired) electrons. The molecule has 3 aromatic carbocycles. The van der Waals surface area contributed by atoms with E-state index in [1.807, 2.05) is 24.3 Å². The van der Waals surface area contributed by atoms with Crippen LogP contribution in [0.2, 0.25) is 0 Å². The Kier molecular flexibility index (Phi) is 4.06. The summed E-state index contributed by atoms with van der Waals surface area (Å²) in [6, 6.07) is 17.3.